The number of aldehydes is 1. The molecule has 98 valence electrons. The first-order valence-electron chi connectivity index (χ1n) is 5.65. The summed E-state index contributed by atoms with van der Waals surface area (Å²) in [6.07, 6.45) is 0.195. The van der Waals surface area contributed by atoms with Crippen molar-refractivity contribution in [2.75, 3.05) is 6.61 Å². The fourth-order valence-electron chi connectivity index (χ4n) is 1.89. The largest absolute Gasteiger partial charge is 0.444 e. The van der Waals surface area contributed by atoms with E-state index in [1.807, 2.05) is 0 Å². The summed E-state index contributed by atoms with van der Waals surface area (Å²) in [5, 5.41) is 0. The van der Waals surface area contributed by atoms with Crippen molar-refractivity contribution in [2.24, 2.45) is 0 Å². The Balaban J connectivity index is 2.99. The molecule has 0 saturated carbocycles. The Hall–Kier alpha value is -1.10. The quantitative estimate of drug-likeness (QED) is 0.660. The first kappa shape index (κ1) is 14.0. The second-order valence-electron chi connectivity index (χ2n) is 6.03. The lowest BCUT2D eigenvalue weighted by atomic mass is 10.0. The third-order valence-corrected chi connectivity index (χ3v) is 2.60. The number of carbonyl (C=O) groups excluding carboxylic acids is 2. The molecule has 1 fully saturated rings. The standard InChI is InChI=1S/C12H21NO4/c1-10(2,3)17-9(15)13-11(4,5)16-8-12(13,6)7-14/h7H,8H2,1-6H3/t12-/m1/s1. The van der Waals surface area contributed by atoms with Crippen molar-refractivity contribution in [3.8, 4) is 0 Å². The van der Waals surface area contributed by atoms with Crippen LogP contribution in [0.2, 0.25) is 0 Å². The smallest absolute Gasteiger partial charge is 0.413 e. The highest BCUT2D eigenvalue weighted by Crippen LogP contribution is 2.34. The van der Waals surface area contributed by atoms with Crippen LogP contribution in [0, 0.1) is 0 Å². The minimum atomic E-state index is -0.966. The van der Waals surface area contributed by atoms with Gasteiger partial charge < -0.3 is 14.3 Å². The molecule has 5 heteroatoms. The lowest BCUT2D eigenvalue weighted by molar-refractivity contribution is -0.118. The molecule has 0 aromatic carbocycles. The highest BCUT2D eigenvalue weighted by atomic mass is 16.6. The molecule has 0 unspecified atom stereocenters. The minimum absolute atomic E-state index is 0.183. The molecular weight excluding hydrogens is 222 g/mol. The van der Waals surface area contributed by atoms with Gasteiger partial charge >= 0.3 is 6.09 Å². The normalized spacial score (nSPS) is 28.0. The third-order valence-electron chi connectivity index (χ3n) is 2.60. The molecule has 1 aliphatic heterocycles. The van der Waals surface area contributed by atoms with E-state index in [1.165, 1.54) is 4.90 Å². The molecule has 0 aliphatic carbocycles. The molecule has 1 aliphatic rings. The second-order valence-corrected chi connectivity index (χ2v) is 6.03. The minimum Gasteiger partial charge on any atom is -0.444 e. The van der Waals surface area contributed by atoms with Gasteiger partial charge in [0.05, 0.1) is 6.61 Å². The fourth-order valence-corrected chi connectivity index (χ4v) is 1.89. The average Bonchev–Trinajstić information content (AvgIpc) is 2.35. The van der Waals surface area contributed by atoms with Crippen LogP contribution in [0.5, 0.6) is 0 Å². The summed E-state index contributed by atoms with van der Waals surface area (Å²) in [4.78, 5) is 24.6. The number of hydrogen-bond donors (Lipinski definition) is 0. The monoisotopic (exact) mass is 243 g/mol. The first-order chi connectivity index (χ1) is 7.52. The van der Waals surface area contributed by atoms with Gasteiger partial charge in [-0.1, -0.05) is 0 Å². The SMILES string of the molecule is CC(C)(C)OC(=O)N1C(C)(C)OC[C@@]1(C)C=O. The summed E-state index contributed by atoms with van der Waals surface area (Å²) in [5.41, 5.74) is -2.40. The van der Waals surface area contributed by atoms with Crippen molar-refractivity contribution in [2.45, 2.75) is 58.4 Å². The van der Waals surface area contributed by atoms with Gasteiger partial charge in [0.25, 0.3) is 0 Å². The lowest BCUT2D eigenvalue weighted by Crippen LogP contribution is -2.56. The van der Waals surface area contributed by atoms with Crippen molar-refractivity contribution >= 4 is 12.4 Å². The number of ether oxygens (including phenoxy) is 2. The van der Waals surface area contributed by atoms with Gasteiger partial charge in [-0.25, -0.2) is 4.79 Å². The van der Waals surface area contributed by atoms with Crippen LogP contribution in [0.25, 0.3) is 0 Å². The molecule has 0 aromatic heterocycles. The zero-order valence-electron chi connectivity index (χ0n) is 11.4. The van der Waals surface area contributed by atoms with Crippen LogP contribution >= 0.6 is 0 Å². The van der Waals surface area contributed by atoms with Crippen molar-refractivity contribution < 1.29 is 19.1 Å². The second kappa shape index (κ2) is 3.98. The molecule has 0 N–H and O–H groups in total. The van der Waals surface area contributed by atoms with Crippen molar-refractivity contribution in [3.63, 3.8) is 0 Å². The van der Waals surface area contributed by atoms with E-state index < -0.39 is 23.0 Å². The maximum Gasteiger partial charge on any atom is 0.413 e. The number of amides is 1. The molecule has 1 rings (SSSR count). The summed E-state index contributed by atoms with van der Waals surface area (Å²) in [7, 11) is 0. The summed E-state index contributed by atoms with van der Waals surface area (Å²) in [5.74, 6) is 0. The van der Waals surface area contributed by atoms with Gasteiger partial charge in [0, 0.05) is 0 Å². The fraction of sp³-hybridized carbons (Fsp3) is 0.833. The topological polar surface area (TPSA) is 55.8 Å². The van der Waals surface area contributed by atoms with Gasteiger partial charge in [0.1, 0.15) is 23.2 Å². The Kier molecular flexibility index (Phi) is 3.27. The summed E-state index contributed by atoms with van der Waals surface area (Å²) < 4.78 is 10.8. The van der Waals surface area contributed by atoms with Crippen LogP contribution in [0.15, 0.2) is 0 Å². The molecule has 1 amide bonds. The van der Waals surface area contributed by atoms with E-state index in [1.54, 1.807) is 41.5 Å². The summed E-state index contributed by atoms with van der Waals surface area (Å²) in [6.45, 7) is 10.7. The molecule has 0 aromatic rings. The highest BCUT2D eigenvalue weighted by Gasteiger charge is 2.53. The first-order valence-corrected chi connectivity index (χ1v) is 5.65. The molecular formula is C12H21NO4. The number of nitrogens with zero attached hydrogens (tertiary/aromatic N) is 1. The Labute approximate surface area is 102 Å². The van der Waals surface area contributed by atoms with Gasteiger partial charge in [-0.15, -0.1) is 0 Å². The predicted molar refractivity (Wildman–Crippen MR) is 62.6 cm³/mol. The molecule has 0 radical (unpaired) electrons. The number of carbonyl (C=O) groups is 2. The molecule has 5 nitrogen and oxygen atoms in total. The Bertz CT molecular complexity index is 332. The lowest BCUT2D eigenvalue weighted by Gasteiger charge is -2.37. The Morgan fingerprint density at radius 3 is 2.29 bits per heavy atom. The Morgan fingerprint density at radius 2 is 1.88 bits per heavy atom. The summed E-state index contributed by atoms with van der Waals surface area (Å²) in [6, 6.07) is 0. The van der Waals surface area contributed by atoms with Gasteiger partial charge in [0.2, 0.25) is 0 Å². The van der Waals surface area contributed by atoms with Crippen LogP contribution in [-0.2, 0) is 14.3 Å². The zero-order chi connectivity index (χ0) is 13.5. The van der Waals surface area contributed by atoms with E-state index in [4.69, 9.17) is 9.47 Å². The Morgan fingerprint density at radius 1 is 1.35 bits per heavy atom. The van der Waals surface area contributed by atoms with Crippen LogP contribution < -0.4 is 0 Å². The summed E-state index contributed by atoms with van der Waals surface area (Å²) >= 11 is 0. The van der Waals surface area contributed by atoms with Crippen LogP contribution in [-0.4, -0.2) is 40.8 Å². The van der Waals surface area contributed by atoms with Crippen molar-refractivity contribution in [1.29, 1.82) is 0 Å². The van der Waals surface area contributed by atoms with E-state index in [9.17, 15) is 9.59 Å². The average molecular weight is 243 g/mol. The maximum absolute atomic E-state index is 12.1. The molecule has 1 heterocycles. The van der Waals surface area contributed by atoms with E-state index in [0.29, 0.717) is 0 Å². The molecule has 1 saturated heterocycles. The molecule has 0 spiro atoms. The van der Waals surface area contributed by atoms with Crippen LogP contribution in [0.3, 0.4) is 0 Å². The zero-order valence-corrected chi connectivity index (χ0v) is 11.4. The molecule has 1 atom stereocenters. The van der Waals surface area contributed by atoms with Gasteiger partial charge in [0.15, 0.2) is 0 Å². The highest BCUT2D eigenvalue weighted by molar-refractivity contribution is 5.78. The van der Waals surface area contributed by atoms with Gasteiger partial charge in [-0.05, 0) is 41.5 Å². The van der Waals surface area contributed by atoms with Gasteiger partial charge in [-0.3, -0.25) is 4.90 Å². The van der Waals surface area contributed by atoms with Crippen molar-refractivity contribution in [1.82, 2.24) is 4.90 Å². The van der Waals surface area contributed by atoms with Gasteiger partial charge in [-0.2, -0.15) is 0 Å². The van der Waals surface area contributed by atoms with E-state index in [0.717, 1.165) is 6.29 Å². The maximum atomic E-state index is 12.1. The molecule has 17 heavy (non-hydrogen) atoms. The van der Waals surface area contributed by atoms with E-state index in [-0.39, 0.29) is 6.61 Å². The van der Waals surface area contributed by atoms with Crippen LogP contribution in [0.1, 0.15) is 41.5 Å². The third kappa shape index (κ3) is 2.77. The van der Waals surface area contributed by atoms with E-state index in [2.05, 4.69) is 0 Å². The number of rotatable bonds is 1. The van der Waals surface area contributed by atoms with Crippen molar-refractivity contribution in [3.05, 3.63) is 0 Å². The number of hydrogen-bond acceptors (Lipinski definition) is 4. The molecule has 0 bridgehead atoms. The predicted octanol–water partition coefficient (Wildman–Crippen LogP) is 1.95. The van der Waals surface area contributed by atoms with Crippen LogP contribution in [0.4, 0.5) is 4.79 Å². The van der Waals surface area contributed by atoms with E-state index >= 15 is 0 Å².